The molecule has 6 heteroatoms. The molecular formula is C21H28N2O4. The van der Waals surface area contributed by atoms with E-state index in [4.69, 9.17) is 14.2 Å². The number of benzene rings is 2. The van der Waals surface area contributed by atoms with Gasteiger partial charge in [0.15, 0.2) is 11.5 Å². The fraction of sp³-hybridized carbons (Fsp3) is 0.381. The molecule has 0 aliphatic rings. The van der Waals surface area contributed by atoms with Crippen LogP contribution in [0, 0.1) is 0 Å². The Morgan fingerprint density at radius 1 is 0.926 bits per heavy atom. The van der Waals surface area contributed by atoms with Crippen LogP contribution in [0.2, 0.25) is 0 Å². The lowest BCUT2D eigenvalue weighted by molar-refractivity contribution is 0.206. The number of carbonyl (C=O) groups is 1. The monoisotopic (exact) mass is 372 g/mol. The molecule has 0 aliphatic heterocycles. The van der Waals surface area contributed by atoms with E-state index in [1.807, 2.05) is 12.1 Å². The van der Waals surface area contributed by atoms with Crippen molar-refractivity contribution in [3.05, 3.63) is 53.1 Å². The average molecular weight is 372 g/mol. The highest BCUT2D eigenvalue weighted by molar-refractivity contribution is 5.74. The van der Waals surface area contributed by atoms with E-state index in [2.05, 4.69) is 36.5 Å². The molecule has 2 aromatic carbocycles. The van der Waals surface area contributed by atoms with Gasteiger partial charge in [-0.05, 0) is 35.2 Å². The summed E-state index contributed by atoms with van der Waals surface area (Å²) in [5, 5.41) is 2.92. The van der Waals surface area contributed by atoms with Crippen LogP contribution in [0.15, 0.2) is 36.4 Å². The zero-order valence-corrected chi connectivity index (χ0v) is 16.7. The van der Waals surface area contributed by atoms with Crippen LogP contribution in [0.4, 0.5) is 4.79 Å². The fourth-order valence-corrected chi connectivity index (χ4v) is 2.78. The maximum Gasteiger partial charge on any atom is 0.317 e. The molecular weight excluding hydrogens is 344 g/mol. The van der Waals surface area contributed by atoms with Crippen LogP contribution in [0.25, 0.3) is 0 Å². The van der Waals surface area contributed by atoms with Crippen molar-refractivity contribution in [3.63, 3.8) is 0 Å². The van der Waals surface area contributed by atoms with Crippen molar-refractivity contribution >= 4 is 6.03 Å². The normalized spacial score (nSPS) is 10.3. The Morgan fingerprint density at radius 3 is 1.96 bits per heavy atom. The van der Waals surface area contributed by atoms with Gasteiger partial charge in [-0.3, -0.25) is 0 Å². The molecule has 2 amide bonds. The number of nitrogens with zero attached hydrogens (tertiary/aromatic N) is 1. The van der Waals surface area contributed by atoms with Gasteiger partial charge in [-0.1, -0.05) is 31.2 Å². The van der Waals surface area contributed by atoms with Crippen LogP contribution in [0.3, 0.4) is 0 Å². The average Bonchev–Trinajstić information content (AvgIpc) is 2.71. The van der Waals surface area contributed by atoms with Crippen molar-refractivity contribution in [2.24, 2.45) is 0 Å². The van der Waals surface area contributed by atoms with E-state index in [1.165, 1.54) is 5.56 Å². The van der Waals surface area contributed by atoms with Gasteiger partial charge < -0.3 is 24.4 Å². The van der Waals surface area contributed by atoms with Gasteiger partial charge in [-0.25, -0.2) is 4.79 Å². The van der Waals surface area contributed by atoms with Crippen molar-refractivity contribution in [2.45, 2.75) is 26.4 Å². The first-order valence-electron chi connectivity index (χ1n) is 8.88. The van der Waals surface area contributed by atoms with E-state index >= 15 is 0 Å². The second kappa shape index (κ2) is 9.71. The van der Waals surface area contributed by atoms with Crippen molar-refractivity contribution in [1.82, 2.24) is 10.2 Å². The number of nitrogens with one attached hydrogen (secondary N) is 1. The van der Waals surface area contributed by atoms with Crippen molar-refractivity contribution < 1.29 is 19.0 Å². The number of hydrogen-bond acceptors (Lipinski definition) is 4. The Kier molecular flexibility index (Phi) is 7.34. The predicted molar refractivity (Wildman–Crippen MR) is 106 cm³/mol. The molecule has 0 atom stereocenters. The quantitative estimate of drug-likeness (QED) is 0.769. The third-order valence-corrected chi connectivity index (χ3v) is 4.37. The van der Waals surface area contributed by atoms with Gasteiger partial charge in [-0.2, -0.15) is 0 Å². The van der Waals surface area contributed by atoms with Gasteiger partial charge in [0, 0.05) is 20.1 Å². The summed E-state index contributed by atoms with van der Waals surface area (Å²) in [6.45, 7) is 3.03. The minimum Gasteiger partial charge on any atom is -0.493 e. The molecule has 0 aromatic heterocycles. The number of ether oxygens (including phenoxy) is 3. The topological polar surface area (TPSA) is 60.0 Å². The van der Waals surface area contributed by atoms with Crippen LogP contribution in [-0.2, 0) is 19.5 Å². The molecule has 146 valence electrons. The molecule has 2 aromatic rings. The Labute approximate surface area is 161 Å². The predicted octanol–water partition coefficient (Wildman–Crippen LogP) is 3.62. The second-order valence-electron chi connectivity index (χ2n) is 6.22. The number of urea groups is 1. The maximum atomic E-state index is 12.4. The molecule has 0 aliphatic carbocycles. The van der Waals surface area contributed by atoms with Gasteiger partial charge in [0.25, 0.3) is 0 Å². The number of aryl methyl sites for hydroxylation is 1. The molecule has 0 radical (unpaired) electrons. The van der Waals surface area contributed by atoms with Gasteiger partial charge in [-0.15, -0.1) is 0 Å². The zero-order chi connectivity index (χ0) is 19.8. The Balaban J connectivity index is 1.99. The maximum absolute atomic E-state index is 12.4. The van der Waals surface area contributed by atoms with Gasteiger partial charge in [0.1, 0.15) is 0 Å². The minimum atomic E-state index is -0.150. The molecule has 0 heterocycles. The summed E-state index contributed by atoms with van der Waals surface area (Å²) in [5.74, 6) is 1.65. The van der Waals surface area contributed by atoms with Crippen LogP contribution >= 0.6 is 0 Å². The van der Waals surface area contributed by atoms with Crippen molar-refractivity contribution in [1.29, 1.82) is 0 Å². The first kappa shape index (κ1) is 20.4. The molecule has 0 bridgehead atoms. The van der Waals surface area contributed by atoms with Crippen molar-refractivity contribution in [2.75, 3.05) is 28.4 Å². The highest BCUT2D eigenvalue weighted by Crippen LogP contribution is 2.38. The minimum absolute atomic E-state index is 0.150. The summed E-state index contributed by atoms with van der Waals surface area (Å²) in [4.78, 5) is 14.1. The van der Waals surface area contributed by atoms with Crippen LogP contribution in [0.1, 0.15) is 23.6 Å². The number of methoxy groups -OCH3 is 3. The second-order valence-corrected chi connectivity index (χ2v) is 6.22. The Bertz CT molecular complexity index is 734. The lowest BCUT2D eigenvalue weighted by Crippen LogP contribution is -2.36. The summed E-state index contributed by atoms with van der Waals surface area (Å²) in [6.07, 6.45) is 1.01. The third kappa shape index (κ3) is 5.29. The molecule has 0 unspecified atom stereocenters. The zero-order valence-electron chi connectivity index (χ0n) is 16.7. The van der Waals surface area contributed by atoms with Crippen LogP contribution < -0.4 is 19.5 Å². The standard InChI is InChI=1S/C21H28N2O4/c1-6-15-7-9-16(10-8-15)14-23(2)21(24)22-13-17-11-18(25-3)20(27-5)19(12-17)26-4/h7-12H,6,13-14H2,1-5H3,(H,22,24). The van der Waals surface area contributed by atoms with E-state index in [1.54, 1.807) is 33.3 Å². The smallest absolute Gasteiger partial charge is 0.317 e. The molecule has 0 saturated heterocycles. The lowest BCUT2D eigenvalue weighted by atomic mass is 10.1. The van der Waals surface area contributed by atoms with E-state index < -0.39 is 0 Å². The highest BCUT2D eigenvalue weighted by Gasteiger charge is 2.14. The first-order valence-corrected chi connectivity index (χ1v) is 8.88. The molecule has 27 heavy (non-hydrogen) atoms. The Morgan fingerprint density at radius 2 is 1.48 bits per heavy atom. The first-order chi connectivity index (χ1) is 13.0. The molecule has 0 fully saturated rings. The number of hydrogen-bond donors (Lipinski definition) is 1. The van der Waals surface area contributed by atoms with E-state index in [-0.39, 0.29) is 6.03 Å². The fourth-order valence-electron chi connectivity index (χ4n) is 2.78. The van der Waals surface area contributed by atoms with Crippen molar-refractivity contribution in [3.8, 4) is 17.2 Å². The molecule has 0 spiro atoms. The Hall–Kier alpha value is -2.89. The van der Waals surface area contributed by atoms with E-state index in [0.717, 1.165) is 17.5 Å². The SMILES string of the molecule is CCc1ccc(CN(C)C(=O)NCc2cc(OC)c(OC)c(OC)c2)cc1. The van der Waals surface area contributed by atoms with Gasteiger partial charge >= 0.3 is 6.03 Å². The lowest BCUT2D eigenvalue weighted by Gasteiger charge is -2.19. The summed E-state index contributed by atoms with van der Waals surface area (Å²) < 4.78 is 16.0. The summed E-state index contributed by atoms with van der Waals surface area (Å²) >= 11 is 0. The molecule has 0 saturated carbocycles. The van der Waals surface area contributed by atoms with Crippen LogP contribution in [0.5, 0.6) is 17.2 Å². The highest BCUT2D eigenvalue weighted by atomic mass is 16.5. The number of carbonyl (C=O) groups excluding carboxylic acids is 1. The number of amides is 2. The molecule has 6 nitrogen and oxygen atoms in total. The molecule has 2 rings (SSSR count). The van der Waals surface area contributed by atoms with Gasteiger partial charge in [0.05, 0.1) is 21.3 Å². The molecule has 1 N–H and O–H groups in total. The summed E-state index contributed by atoms with van der Waals surface area (Å²) in [7, 11) is 6.47. The van der Waals surface area contributed by atoms with E-state index in [0.29, 0.717) is 30.3 Å². The van der Waals surface area contributed by atoms with Gasteiger partial charge in [0.2, 0.25) is 5.75 Å². The summed E-state index contributed by atoms with van der Waals surface area (Å²) in [6, 6.07) is 11.8. The van der Waals surface area contributed by atoms with E-state index in [9.17, 15) is 4.79 Å². The van der Waals surface area contributed by atoms with Crippen LogP contribution in [-0.4, -0.2) is 39.3 Å². The largest absolute Gasteiger partial charge is 0.493 e. The summed E-state index contributed by atoms with van der Waals surface area (Å²) in [5.41, 5.74) is 3.24. The number of rotatable bonds is 8. The third-order valence-electron chi connectivity index (χ3n) is 4.37.